The number of rotatable bonds is 7. The standard InChI is InChI=1S/C23H21NO5S/c1-15(25)16-10-11-20(28-3)17(13-16)14-29-23(27)18-7-4-5-8-19(18)24(2)22(26)21-9-6-12-30-21/h4-13H,14H2,1-3H3. The summed E-state index contributed by atoms with van der Waals surface area (Å²) in [7, 11) is 3.13. The topological polar surface area (TPSA) is 72.9 Å². The van der Waals surface area contributed by atoms with E-state index < -0.39 is 5.97 Å². The highest BCUT2D eigenvalue weighted by Gasteiger charge is 2.21. The molecule has 0 fully saturated rings. The summed E-state index contributed by atoms with van der Waals surface area (Å²) in [5.74, 6) is -0.358. The van der Waals surface area contributed by atoms with Crippen LogP contribution in [0.25, 0.3) is 0 Å². The molecule has 0 unspecified atom stereocenters. The monoisotopic (exact) mass is 423 g/mol. The van der Waals surface area contributed by atoms with Crippen LogP contribution in [-0.4, -0.2) is 31.8 Å². The van der Waals surface area contributed by atoms with Gasteiger partial charge in [0, 0.05) is 18.2 Å². The predicted molar refractivity (Wildman–Crippen MR) is 116 cm³/mol. The fourth-order valence-electron chi connectivity index (χ4n) is 2.95. The smallest absolute Gasteiger partial charge is 0.340 e. The van der Waals surface area contributed by atoms with E-state index in [1.54, 1.807) is 61.6 Å². The van der Waals surface area contributed by atoms with Crippen LogP contribution in [0.1, 0.15) is 42.9 Å². The van der Waals surface area contributed by atoms with Gasteiger partial charge < -0.3 is 14.4 Å². The molecule has 1 heterocycles. The van der Waals surface area contributed by atoms with Crippen molar-refractivity contribution in [3.8, 4) is 5.75 Å². The quantitative estimate of drug-likeness (QED) is 0.410. The number of hydrogen-bond donors (Lipinski definition) is 0. The first-order chi connectivity index (χ1) is 14.4. The Kier molecular flexibility index (Phi) is 6.64. The molecule has 0 saturated heterocycles. The predicted octanol–water partition coefficient (Wildman–Crippen LogP) is 4.59. The number of ketones is 1. The number of esters is 1. The van der Waals surface area contributed by atoms with E-state index in [-0.39, 0.29) is 23.9 Å². The average Bonchev–Trinajstić information content (AvgIpc) is 3.31. The molecule has 0 radical (unpaired) electrons. The van der Waals surface area contributed by atoms with Crippen molar-refractivity contribution in [3.05, 3.63) is 81.5 Å². The second kappa shape index (κ2) is 9.37. The van der Waals surface area contributed by atoms with Crippen molar-refractivity contribution >= 4 is 34.7 Å². The van der Waals surface area contributed by atoms with E-state index in [2.05, 4.69) is 0 Å². The van der Waals surface area contributed by atoms with E-state index in [9.17, 15) is 14.4 Å². The van der Waals surface area contributed by atoms with Crippen molar-refractivity contribution in [1.82, 2.24) is 0 Å². The molecule has 3 rings (SSSR count). The van der Waals surface area contributed by atoms with Crippen LogP contribution in [0.3, 0.4) is 0 Å². The lowest BCUT2D eigenvalue weighted by atomic mass is 10.1. The lowest BCUT2D eigenvalue weighted by Crippen LogP contribution is -2.27. The third-order valence-corrected chi connectivity index (χ3v) is 5.43. The highest BCUT2D eigenvalue weighted by atomic mass is 32.1. The molecule has 30 heavy (non-hydrogen) atoms. The minimum atomic E-state index is -0.577. The van der Waals surface area contributed by atoms with Gasteiger partial charge in [0.05, 0.1) is 23.2 Å². The molecule has 0 atom stereocenters. The Morgan fingerprint density at radius 1 is 1.03 bits per heavy atom. The molecule has 6 nitrogen and oxygen atoms in total. The van der Waals surface area contributed by atoms with E-state index in [0.717, 1.165) is 0 Å². The number of thiophene rings is 1. The molecule has 0 N–H and O–H groups in total. The lowest BCUT2D eigenvalue weighted by molar-refractivity contribution is 0.0471. The van der Waals surface area contributed by atoms with Crippen LogP contribution in [0.4, 0.5) is 5.69 Å². The number of hydrogen-bond acceptors (Lipinski definition) is 6. The van der Waals surface area contributed by atoms with Crippen molar-refractivity contribution in [2.75, 3.05) is 19.1 Å². The van der Waals surface area contributed by atoms with Crippen LogP contribution in [0.5, 0.6) is 5.75 Å². The number of carbonyl (C=O) groups is 3. The van der Waals surface area contributed by atoms with Crippen molar-refractivity contribution in [3.63, 3.8) is 0 Å². The normalized spacial score (nSPS) is 10.4. The molecular weight excluding hydrogens is 402 g/mol. The van der Waals surface area contributed by atoms with E-state index >= 15 is 0 Å². The summed E-state index contributed by atoms with van der Waals surface area (Å²) in [6, 6.07) is 15.3. The van der Waals surface area contributed by atoms with Crippen LogP contribution < -0.4 is 9.64 Å². The van der Waals surface area contributed by atoms with Crippen molar-refractivity contribution in [1.29, 1.82) is 0 Å². The van der Waals surface area contributed by atoms with Gasteiger partial charge in [-0.1, -0.05) is 18.2 Å². The first kappa shape index (κ1) is 21.3. The highest BCUT2D eigenvalue weighted by Crippen LogP contribution is 2.25. The van der Waals surface area contributed by atoms with Crippen molar-refractivity contribution in [2.24, 2.45) is 0 Å². The molecule has 0 spiro atoms. The van der Waals surface area contributed by atoms with E-state index in [1.165, 1.54) is 30.3 Å². The Hall–Kier alpha value is -3.45. The summed E-state index contributed by atoms with van der Waals surface area (Å²) in [6.45, 7) is 1.40. The third-order valence-electron chi connectivity index (χ3n) is 4.57. The van der Waals surface area contributed by atoms with Crippen LogP contribution in [0.2, 0.25) is 0 Å². The first-order valence-corrected chi connectivity index (χ1v) is 10.1. The van der Waals surface area contributed by atoms with Crippen LogP contribution in [0.15, 0.2) is 60.0 Å². The largest absolute Gasteiger partial charge is 0.496 e. The Balaban J connectivity index is 1.81. The van der Waals surface area contributed by atoms with Crippen LogP contribution in [-0.2, 0) is 11.3 Å². The van der Waals surface area contributed by atoms with Gasteiger partial charge in [-0.25, -0.2) is 4.79 Å². The summed E-state index contributed by atoms with van der Waals surface area (Å²) in [6.07, 6.45) is 0. The summed E-state index contributed by atoms with van der Waals surface area (Å²) < 4.78 is 10.8. The molecule has 0 saturated carbocycles. The first-order valence-electron chi connectivity index (χ1n) is 9.18. The Labute approximate surface area is 178 Å². The summed E-state index contributed by atoms with van der Waals surface area (Å²) >= 11 is 1.33. The Morgan fingerprint density at radius 2 is 1.80 bits per heavy atom. The molecular formula is C23H21NO5S. The summed E-state index contributed by atoms with van der Waals surface area (Å²) in [5, 5.41) is 1.82. The SMILES string of the molecule is COc1ccc(C(C)=O)cc1COC(=O)c1ccccc1N(C)C(=O)c1cccs1. The van der Waals surface area contributed by atoms with Gasteiger partial charge in [0.1, 0.15) is 12.4 Å². The highest BCUT2D eigenvalue weighted by molar-refractivity contribution is 7.12. The number of Topliss-reactive ketones (excluding diaryl/α,β-unsaturated/α-hetero) is 1. The fraction of sp³-hybridized carbons (Fsp3) is 0.174. The maximum atomic E-state index is 12.8. The number of ether oxygens (including phenoxy) is 2. The van der Waals surface area contributed by atoms with Gasteiger partial charge in [-0.3, -0.25) is 9.59 Å². The second-order valence-electron chi connectivity index (χ2n) is 6.52. The lowest BCUT2D eigenvalue weighted by Gasteiger charge is -2.19. The minimum Gasteiger partial charge on any atom is -0.496 e. The Bertz CT molecular complexity index is 1070. The maximum absolute atomic E-state index is 12.8. The molecule has 7 heteroatoms. The molecule has 0 aliphatic heterocycles. The summed E-state index contributed by atoms with van der Waals surface area (Å²) in [5.41, 5.74) is 1.81. The van der Waals surface area contributed by atoms with Gasteiger partial charge in [-0.2, -0.15) is 0 Å². The molecule has 3 aromatic rings. The zero-order chi connectivity index (χ0) is 21.7. The molecule has 0 aliphatic carbocycles. The van der Waals surface area contributed by atoms with E-state index in [0.29, 0.717) is 27.4 Å². The van der Waals surface area contributed by atoms with Crippen LogP contribution in [0, 0.1) is 0 Å². The van der Waals surface area contributed by atoms with Gasteiger partial charge in [0.15, 0.2) is 5.78 Å². The number of anilines is 1. The van der Waals surface area contributed by atoms with Crippen LogP contribution >= 0.6 is 11.3 Å². The van der Waals surface area contributed by atoms with Crippen molar-refractivity contribution in [2.45, 2.75) is 13.5 Å². The number of amides is 1. The van der Waals surface area contributed by atoms with Gasteiger partial charge in [0.25, 0.3) is 5.91 Å². The zero-order valence-corrected chi connectivity index (χ0v) is 17.7. The van der Waals surface area contributed by atoms with Crippen molar-refractivity contribution < 1.29 is 23.9 Å². The number of benzene rings is 2. The second-order valence-corrected chi connectivity index (χ2v) is 7.47. The molecule has 154 valence electrons. The Morgan fingerprint density at radius 3 is 2.47 bits per heavy atom. The minimum absolute atomic E-state index is 0.0694. The molecule has 1 amide bonds. The molecule has 1 aromatic heterocycles. The van der Waals surface area contributed by atoms with Gasteiger partial charge in [0.2, 0.25) is 0 Å². The van der Waals surface area contributed by atoms with E-state index in [4.69, 9.17) is 9.47 Å². The molecule has 2 aromatic carbocycles. The van der Waals surface area contributed by atoms with Gasteiger partial charge >= 0.3 is 5.97 Å². The van der Waals surface area contributed by atoms with Gasteiger partial charge in [-0.15, -0.1) is 11.3 Å². The third kappa shape index (κ3) is 4.58. The maximum Gasteiger partial charge on any atom is 0.340 e. The average molecular weight is 423 g/mol. The van der Waals surface area contributed by atoms with E-state index in [1.807, 2.05) is 5.38 Å². The summed E-state index contributed by atoms with van der Waals surface area (Å²) in [4.78, 5) is 39.1. The molecule has 0 bridgehead atoms. The number of para-hydroxylation sites is 1. The number of methoxy groups -OCH3 is 1. The number of nitrogens with zero attached hydrogens (tertiary/aromatic N) is 1. The fourth-order valence-corrected chi connectivity index (χ4v) is 3.64. The number of carbonyl (C=O) groups excluding carboxylic acids is 3. The molecule has 0 aliphatic rings. The van der Waals surface area contributed by atoms with Gasteiger partial charge in [-0.05, 0) is 48.7 Å². The zero-order valence-electron chi connectivity index (χ0n) is 16.9.